The lowest BCUT2D eigenvalue weighted by atomic mass is 9.76. The van der Waals surface area contributed by atoms with E-state index in [0.717, 1.165) is 23.1 Å². The van der Waals surface area contributed by atoms with Crippen LogP contribution in [-0.2, 0) is 5.54 Å². The van der Waals surface area contributed by atoms with Gasteiger partial charge in [0.2, 0.25) is 0 Å². The molecule has 14 heavy (non-hydrogen) atoms. The van der Waals surface area contributed by atoms with Gasteiger partial charge in [0.1, 0.15) is 5.82 Å². The number of nitrogens with zero attached hydrogens (tertiary/aromatic N) is 2. The molecule has 1 saturated carbocycles. The van der Waals surface area contributed by atoms with E-state index in [9.17, 15) is 0 Å². The Morgan fingerprint density at radius 3 is 2.43 bits per heavy atom. The van der Waals surface area contributed by atoms with Crippen molar-refractivity contribution in [3.8, 4) is 0 Å². The Morgan fingerprint density at radius 1 is 1.36 bits per heavy atom. The van der Waals surface area contributed by atoms with Gasteiger partial charge in [-0.05, 0) is 35.2 Å². The Hall–Kier alpha value is -0.560. The summed E-state index contributed by atoms with van der Waals surface area (Å²) < 4.78 is 0.886. The van der Waals surface area contributed by atoms with Gasteiger partial charge in [0.05, 0.1) is 10.0 Å². The highest BCUT2D eigenvalue weighted by atomic mass is 79.9. The van der Waals surface area contributed by atoms with E-state index in [2.05, 4.69) is 36.9 Å². The first kappa shape index (κ1) is 9.97. The molecule has 1 aliphatic carbocycles. The van der Waals surface area contributed by atoms with Gasteiger partial charge in [0, 0.05) is 12.4 Å². The van der Waals surface area contributed by atoms with Crippen molar-refractivity contribution in [2.24, 2.45) is 5.84 Å². The molecule has 2 rings (SSSR count). The van der Waals surface area contributed by atoms with E-state index in [-0.39, 0.29) is 5.54 Å². The molecular formula is C8H12BrN5. The molecule has 0 spiro atoms. The van der Waals surface area contributed by atoms with Gasteiger partial charge in [0.25, 0.3) is 0 Å². The average molecular weight is 258 g/mol. The molecule has 1 aliphatic rings. The van der Waals surface area contributed by atoms with Crippen LogP contribution in [0.15, 0.2) is 16.9 Å². The number of hydrogen-bond acceptors (Lipinski definition) is 5. The van der Waals surface area contributed by atoms with Gasteiger partial charge in [-0.25, -0.2) is 15.4 Å². The van der Waals surface area contributed by atoms with E-state index in [1.807, 2.05) is 0 Å². The fourth-order valence-electron chi connectivity index (χ4n) is 1.63. The van der Waals surface area contributed by atoms with E-state index in [0.29, 0.717) is 0 Å². The number of rotatable bonds is 3. The van der Waals surface area contributed by atoms with Crippen molar-refractivity contribution in [2.45, 2.75) is 24.8 Å². The molecule has 1 aromatic heterocycles. The molecular weight excluding hydrogens is 246 g/mol. The molecule has 1 aromatic rings. The van der Waals surface area contributed by atoms with Crippen LogP contribution in [0.5, 0.6) is 0 Å². The first-order valence-corrected chi connectivity index (χ1v) is 5.27. The Labute approximate surface area is 90.6 Å². The number of halogens is 1. The van der Waals surface area contributed by atoms with Crippen molar-refractivity contribution < 1.29 is 0 Å². The van der Waals surface area contributed by atoms with Gasteiger partial charge in [-0.15, -0.1) is 0 Å². The van der Waals surface area contributed by atoms with Crippen LogP contribution in [0.4, 0.5) is 0 Å². The minimum Gasteiger partial charge on any atom is -0.258 e. The van der Waals surface area contributed by atoms with E-state index in [4.69, 9.17) is 5.84 Å². The van der Waals surface area contributed by atoms with Crippen molar-refractivity contribution in [3.05, 3.63) is 22.7 Å². The van der Waals surface area contributed by atoms with Crippen LogP contribution in [-0.4, -0.2) is 9.97 Å². The normalized spacial score (nSPS) is 19.0. The Balaban J connectivity index is 2.23. The summed E-state index contributed by atoms with van der Waals surface area (Å²) in [6.07, 6.45) is 6.70. The fourth-order valence-corrected chi connectivity index (χ4v) is 1.84. The van der Waals surface area contributed by atoms with E-state index in [1.54, 1.807) is 12.4 Å². The van der Waals surface area contributed by atoms with Gasteiger partial charge in [0.15, 0.2) is 0 Å². The highest BCUT2D eigenvalue weighted by Gasteiger charge is 2.40. The van der Waals surface area contributed by atoms with Crippen LogP contribution in [0.25, 0.3) is 0 Å². The second-order valence-corrected chi connectivity index (χ2v) is 4.35. The van der Waals surface area contributed by atoms with Crippen LogP contribution in [0.3, 0.4) is 0 Å². The summed E-state index contributed by atoms with van der Waals surface area (Å²) in [7, 11) is 0. The summed E-state index contributed by atoms with van der Waals surface area (Å²) in [6, 6.07) is 0. The molecule has 0 bridgehead atoms. The van der Waals surface area contributed by atoms with Crippen LogP contribution in [0.2, 0.25) is 0 Å². The Bertz CT molecular complexity index is 308. The zero-order chi connectivity index (χ0) is 10.0. The van der Waals surface area contributed by atoms with Gasteiger partial charge < -0.3 is 0 Å². The second-order valence-electron chi connectivity index (χ2n) is 3.43. The number of nitrogens with one attached hydrogen (secondary N) is 2. The minimum absolute atomic E-state index is 0.171. The van der Waals surface area contributed by atoms with Crippen LogP contribution < -0.4 is 16.8 Å². The molecule has 5 nitrogen and oxygen atoms in total. The van der Waals surface area contributed by atoms with Crippen LogP contribution >= 0.6 is 15.9 Å². The molecule has 0 atom stereocenters. The molecule has 0 aliphatic heterocycles. The molecule has 0 aromatic carbocycles. The maximum Gasteiger partial charge on any atom is 0.149 e. The largest absolute Gasteiger partial charge is 0.258 e. The van der Waals surface area contributed by atoms with Crippen LogP contribution in [0, 0.1) is 0 Å². The number of aromatic nitrogens is 2. The summed E-state index contributed by atoms with van der Waals surface area (Å²) in [4.78, 5) is 8.55. The molecule has 0 amide bonds. The monoisotopic (exact) mass is 257 g/mol. The first-order chi connectivity index (χ1) is 6.77. The van der Waals surface area contributed by atoms with Crippen molar-refractivity contribution >= 4 is 15.9 Å². The lowest BCUT2D eigenvalue weighted by molar-refractivity contribution is 0.148. The molecule has 6 heteroatoms. The topological polar surface area (TPSA) is 75.9 Å². The predicted octanol–water partition coefficient (Wildman–Crippen LogP) is 0.586. The molecule has 0 unspecified atom stereocenters. The van der Waals surface area contributed by atoms with E-state index in [1.165, 1.54) is 6.42 Å². The summed E-state index contributed by atoms with van der Waals surface area (Å²) in [5.41, 5.74) is 5.33. The zero-order valence-corrected chi connectivity index (χ0v) is 9.21. The maximum atomic E-state index is 5.27. The predicted molar refractivity (Wildman–Crippen MR) is 55.7 cm³/mol. The third-order valence-corrected chi connectivity index (χ3v) is 2.98. The first-order valence-electron chi connectivity index (χ1n) is 4.48. The lowest BCUT2D eigenvalue weighted by Gasteiger charge is -2.40. The van der Waals surface area contributed by atoms with E-state index < -0.39 is 0 Å². The van der Waals surface area contributed by atoms with Gasteiger partial charge in [-0.1, -0.05) is 0 Å². The SMILES string of the molecule is NNNC1(c2ncc(Br)cn2)CCC1. The number of nitrogens with two attached hydrogens (primary N) is 1. The zero-order valence-electron chi connectivity index (χ0n) is 7.63. The summed E-state index contributed by atoms with van der Waals surface area (Å²) >= 11 is 3.31. The summed E-state index contributed by atoms with van der Waals surface area (Å²) in [5.74, 6) is 6.06. The van der Waals surface area contributed by atoms with Crippen molar-refractivity contribution in [3.63, 3.8) is 0 Å². The van der Waals surface area contributed by atoms with Gasteiger partial charge in [-0.2, -0.15) is 5.53 Å². The quantitative estimate of drug-likeness (QED) is 0.546. The summed E-state index contributed by atoms with van der Waals surface area (Å²) in [6.45, 7) is 0. The standard InChI is InChI=1S/C8H12BrN5/c9-6-4-11-7(12-5-6)8(13-14-10)2-1-3-8/h4-5,13-14H,1-3,10H2. The van der Waals surface area contributed by atoms with Crippen molar-refractivity contribution in [2.75, 3.05) is 0 Å². The van der Waals surface area contributed by atoms with Crippen molar-refractivity contribution in [1.29, 1.82) is 0 Å². The molecule has 76 valence electrons. The smallest absolute Gasteiger partial charge is 0.149 e. The average Bonchev–Trinajstić information content (AvgIpc) is 2.13. The van der Waals surface area contributed by atoms with Gasteiger partial charge in [-0.3, -0.25) is 5.84 Å². The third kappa shape index (κ3) is 1.66. The summed E-state index contributed by atoms with van der Waals surface area (Å²) in [5, 5.41) is 0. The number of hydrazine groups is 2. The molecule has 1 heterocycles. The molecule has 1 fully saturated rings. The maximum absolute atomic E-state index is 5.27. The Kier molecular flexibility index (Phi) is 2.78. The van der Waals surface area contributed by atoms with Crippen molar-refractivity contribution in [1.82, 2.24) is 20.9 Å². The number of hydrogen-bond donors (Lipinski definition) is 3. The highest BCUT2D eigenvalue weighted by molar-refractivity contribution is 9.10. The Morgan fingerprint density at radius 2 is 2.00 bits per heavy atom. The lowest BCUT2D eigenvalue weighted by Crippen LogP contribution is -2.57. The van der Waals surface area contributed by atoms with E-state index >= 15 is 0 Å². The second kappa shape index (κ2) is 3.90. The highest BCUT2D eigenvalue weighted by Crippen LogP contribution is 2.38. The molecule has 4 N–H and O–H groups in total. The fraction of sp³-hybridized carbons (Fsp3) is 0.500. The van der Waals surface area contributed by atoms with Gasteiger partial charge >= 0.3 is 0 Å². The van der Waals surface area contributed by atoms with Crippen LogP contribution in [0.1, 0.15) is 25.1 Å². The third-order valence-electron chi connectivity index (χ3n) is 2.57. The molecule has 0 radical (unpaired) electrons. The minimum atomic E-state index is -0.171. The molecule has 0 saturated heterocycles.